The maximum Gasteiger partial charge on any atom is 0.410 e. The molecule has 1 aliphatic heterocycles. The van der Waals surface area contributed by atoms with Crippen LogP contribution < -0.4 is 4.90 Å². The number of hydrogen-bond acceptors (Lipinski definition) is 5. The molecule has 1 amide bonds. The van der Waals surface area contributed by atoms with E-state index in [1.165, 1.54) is 6.07 Å². The Bertz CT molecular complexity index is 807. The van der Waals surface area contributed by atoms with E-state index in [2.05, 4.69) is 33.9 Å². The molecule has 1 aliphatic rings. The lowest BCUT2D eigenvalue weighted by atomic mass is 10.1. The van der Waals surface area contributed by atoms with Gasteiger partial charge in [0.15, 0.2) is 14.1 Å². The number of hydrogen-bond donors (Lipinski definition) is 0. The van der Waals surface area contributed by atoms with Gasteiger partial charge in [-0.3, -0.25) is 4.79 Å². The summed E-state index contributed by atoms with van der Waals surface area (Å²) in [7, 11) is -2.05. The minimum absolute atomic E-state index is 0.00381. The average Bonchev–Trinajstić information content (AvgIpc) is 2.64. The van der Waals surface area contributed by atoms with Gasteiger partial charge in [0.2, 0.25) is 0 Å². The van der Waals surface area contributed by atoms with Crippen LogP contribution in [0.1, 0.15) is 51.9 Å². The van der Waals surface area contributed by atoms with Gasteiger partial charge in [-0.05, 0) is 57.1 Å². The van der Waals surface area contributed by atoms with Crippen LogP contribution >= 0.6 is 0 Å². The molecule has 0 atom stereocenters. The third-order valence-corrected chi connectivity index (χ3v) is 10.4. The largest absolute Gasteiger partial charge is 0.444 e. The Morgan fingerprint density at radius 1 is 1.03 bits per heavy atom. The number of amides is 1. The lowest BCUT2D eigenvalue weighted by molar-refractivity contribution is 0.0240. The molecule has 1 saturated heterocycles. The number of ether oxygens (including phenoxy) is 1. The van der Waals surface area contributed by atoms with E-state index >= 15 is 0 Å². The predicted molar refractivity (Wildman–Crippen MR) is 124 cm³/mol. The second kappa shape index (κ2) is 9.28. The number of nitrogens with zero attached hydrogens (tertiary/aromatic N) is 2. The minimum atomic E-state index is -2.05. The average molecular weight is 453 g/mol. The monoisotopic (exact) mass is 452 g/mol. The molecule has 2 rings (SSSR count). The van der Waals surface area contributed by atoms with Crippen molar-refractivity contribution in [3.8, 4) is 0 Å². The fourth-order valence-electron chi connectivity index (χ4n) is 2.94. The van der Waals surface area contributed by atoms with Crippen LogP contribution in [0.3, 0.4) is 0 Å². The van der Waals surface area contributed by atoms with E-state index in [1.54, 1.807) is 17.0 Å². The molecule has 1 heterocycles. The number of rotatable bonds is 5. The summed E-state index contributed by atoms with van der Waals surface area (Å²) < 4.78 is 26.2. The van der Waals surface area contributed by atoms with Gasteiger partial charge in [0.05, 0.1) is 12.3 Å². The first kappa shape index (κ1) is 25.3. The first-order valence-electron chi connectivity index (χ1n) is 10.8. The Hall–Kier alpha value is -1.93. The van der Waals surface area contributed by atoms with Gasteiger partial charge in [0.1, 0.15) is 11.4 Å². The van der Waals surface area contributed by atoms with Crippen molar-refractivity contribution in [3.05, 3.63) is 29.6 Å². The standard InChI is InChI=1S/C23H37FN2O4Si/c1-22(2,3)30-21(28)26-13-11-25(12-14-26)19-10-9-17(15-18(19)24)20(27)16-29-31(7,8)23(4,5)6/h9-10,15H,11-14,16H2,1-8H3. The second-order valence-corrected chi connectivity index (χ2v) is 15.4. The van der Waals surface area contributed by atoms with Gasteiger partial charge in [0, 0.05) is 31.7 Å². The Morgan fingerprint density at radius 3 is 2.10 bits per heavy atom. The lowest BCUT2D eigenvalue weighted by Crippen LogP contribution is -2.50. The normalized spacial score (nSPS) is 15.8. The van der Waals surface area contributed by atoms with Crippen molar-refractivity contribution >= 4 is 25.9 Å². The maximum atomic E-state index is 14.8. The molecule has 0 bridgehead atoms. The summed E-state index contributed by atoms with van der Waals surface area (Å²) in [6.45, 7) is 17.9. The zero-order valence-corrected chi connectivity index (χ0v) is 21.2. The van der Waals surface area contributed by atoms with E-state index in [-0.39, 0.29) is 23.5 Å². The number of ketones is 1. The van der Waals surface area contributed by atoms with E-state index in [0.717, 1.165) is 0 Å². The van der Waals surface area contributed by atoms with Gasteiger partial charge in [-0.2, -0.15) is 0 Å². The highest BCUT2D eigenvalue weighted by Gasteiger charge is 2.37. The molecule has 1 aromatic rings. The molecular formula is C23H37FN2O4Si. The Labute approximate surface area is 186 Å². The molecule has 1 fully saturated rings. The fraction of sp³-hybridized carbons (Fsp3) is 0.652. The van der Waals surface area contributed by atoms with Crippen LogP contribution in [0, 0.1) is 5.82 Å². The molecule has 0 unspecified atom stereocenters. The third kappa shape index (κ3) is 6.77. The highest BCUT2D eigenvalue weighted by molar-refractivity contribution is 6.74. The summed E-state index contributed by atoms with van der Waals surface area (Å²) >= 11 is 0. The van der Waals surface area contributed by atoms with E-state index in [0.29, 0.717) is 37.4 Å². The SMILES string of the molecule is CC(C)(C)OC(=O)N1CCN(c2ccc(C(=O)CO[Si](C)(C)C(C)(C)C)cc2F)CC1. The van der Waals surface area contributed by atoms with Gasteiger partial charge in [-0.1, -0.05) is 20.8 Å². The van der Waals surface area contributed by atoms with Crippen molar-refractivity contribution in [2.75, 3.05) is 37.7 Å². The molecule has 0 saturated carbocycles. The molecular weight excluding hydrogens is 415 g/mol. The quantitative estimate of drug-likeness (QED) is 0.460. The van der Waals surface area contributed by atoms with Gasteiger partial charge in [0.25, 0.3) is 0 Å². The Morgan fingerprint density at radius 2 is 1.61 bits per heavy atom. The number of piperazine rings is 1. The highest BCUT2D eigenvalue weighted by Crippen LogP contribution is 2.36. The van der Waals surface area contributed by atoms with Gasteiger partial charge in [-0.25, -0.2) is 9.18 Å². The summed E-state index contributed by atoms with van der Waals surface area (Å²) in [5, 5.41) is 0.00381. The molecule has 0 aromatic heterocycles. The van der Waals surface area contributed by atoms with Crippen molar-refractivity contribution in [3.63, 3.8) is 0 Å². The third-order valence-electron chi connectivity index (χ3n) is 5.91. The molecule has 6 nitrogen and oxygen atoms in total. The Balaban J connectivity index is 1.97. The number of carbonyl (C=O) groups excluding carboxylic acids is 2. The van der Waals surface area contributed by atoms with Crippen molar-refractivity contribution in [2.45, 2.75) is 65.3 Å². The van der Waals surface area contributed by atoms with Gasteiger partial charge >= 0.3 is 6.09 Å². The van der Waals surface area contributed by atoms with E-state index in [4.69, 9.17) is 9.16 Å². The van der Waals surface area contributed by atoms with Crippen molar-refractivity contribution in [2.24, 2.45) is 0 Å². The van der Waals surface area contributed by atoms with Crippen molar-refractivity contribution in [1.29, 1.82) is 0 Å². The van der Waals surface area contributed by atoms with Crippen LogP contribution in [-0.2, 0) is 9.16 Å². The van der Waals surface area contributed by atoms with Crippen molar-refractivity contribution in [1.82, 2.24) is 4.90 Å². The van der Waals surface area contributed by atoms with E-state index in [9.17, 15) is 14.0 Å². The molecule has 8 heteroatoms. The van der Waals surface area contributed by atoms with E-state index in [1.807, 2.05) is 25.7 Å². The van der Waals surface area contributed by atoms with Crippen LogP contribution in [0.2, 0.25) is 18.1 Å². The smallest absolute Gasteiger partial charge is 0.410 e. The number of halogens is 1. The summed E-state index contributed by atoms with van der Waals surface area (Å²) in [4.78, 5) is 28.3. The van der Waals surface area contributed by atoms with Gasteiger partial charge < -0.3 is 19.0 Å². The minimum Gasteiger partial charge on any atom is -0.444 e. The van der Waals surface area contributed by atoms with Crippen LogP contribution in [0.25, 0.3) is 0 Å². The maximum absolute atomic E-state index is 14.8. The molecule has 0 aliphatic carbocycles. The predicted octanol–water partition coefficient (Wildman–Crippen LogP) is 5.09. The topological polar surface area (TPSA) is 59.1 Å². The number of anilines is 1. The van der Waals surface area contributed by atoms with Crippen LogP contribution in [0.15, 0.2) is 18.2 Å². The second-order valence-electron chi connectivity index (χ2n) is 10.6. The molecule has 0 radical (unpaired) electrons. The highest BCUT2D eigenvalue weighted by atomic mass is 28.4. The number of Topliss-reactive ketones (excluding diaryl/α,β-unsaturated/α-hetero) is 1. The van der Waals surface area contributed by atoms with E-state index < -0.39 is 19.7 Å². The first-order chi connectivity index (χ1) is 14.1. The van der Waals surface area contributed by atoms with Crippen LogP contribution in [-0.4, -0.2) is 63.5 Å². The zero-order chi connectivity index (χ0) is 23.6. The molecule has 0 N–H and O–H groups in total. The molecule has 1 aromatic carbocycles. The molecule has 0 spiro atoms. The molecule has 31 heavy (non-hydrogen) atoms. The lowest BCUT2D eigenvalue weighted by Gasteiger charge is -2.37. The summed E-state index contributed by atoms with van der Waals surface area (Å²) in [6, 6.07) is 4.57. The first-order valence-corrected chi connectivity index (χ1v) is 13.7. The number of carbonyl (C=O) groups is 2. The summed E-state index contributed by atoms with van der Waals surface area (Å²) in [6.07, 6.45) is -0.352. The summed E-state index contributed by atoms with van der Waals surface area (Å²) in [5.41, 5.74) is 0.204. The van der Waals surface area contributed by atoms with Crippen molar-refractivity contribution < 1.29 is 23.1 Å². The van der Waals surface area contributed by atoms with Crippen LogP contribution in [0.4, 0.5) is 14.9 Å². The zero-order valence-electron chi connectivity index (χ0n) is 20.2. The number of benzene rings is 1. The summed E-state index contributed by atoms with van der Waals surface area (Å²) in [5.74, 6) is -0.658. The van der Waals surface area contributed by atoms with Gasteiger partial charge in [-0.15, -0.1) is 0 Å². The van der Waals surface area contributed by atoms with Crippen LogP contribution in [0.5, 0.6) is 0 Å². The molecule has 174 valence electrons. The fourth-order valence-corrected chi connectivity index (χ4v) is 3.86. The Kier molecular flexibility index (Phi) is 7.58.